The van der Waals surface area contributed by atoms with E-state index in [0.29, 0.717) is 21.7 Å². The molecule has 0 atom stereocenters. The maximum absolute atomic E-state index is 13.5. The minimum atomic E-state index is -0.656. The lowest BCUT2D eigenvalue weighted by molar-refractivity contribution is 0.559. The number of rotatable bonds is 3. The summed E-state index contributed by atoms with van der Waals surface area (Å²) in [6.45, 7) is 3.12. The molecule has 0 spiro atoms. The maximum Gasteiger partial charge on any atom is 0.273 e. The Bertz CT molecular complexity index is 958. The predicted molar refractivity (Wildman–Crippen MR) is 94.4 cm³/mol. The first kappa shape index (κ1) is 16.2. The molecule has 0 aliphatic carbocycles. The van der Waals surface area contributed by atoms with Crippen LogP contribution in [-0.2, 0) is 6.54 Å². The standard InChI is InChI=1S/C17H16F2N4OS/c18-12-7-11(8-13(19)9-12)10-23-16(24)15-14(1-6-25-15)21-17(23)22-4-2-20-3-5-22/h1,6-9,20H,2-5,10H2. The molecule has 0 radical (unpaired) electrons. The van der Waals surface area contributed by atoms with Gasteiger partial charge in [0, 0.05) is 32.2 Å². The number of hydrogen-bond acceptors (Lipinski definition) is 5. The third-order valence-electron chi connectivity index (χ3n) is 4.21. The van der Waals surface area contributed by atoms with Gasteiger partial charge >= 0.3 is 0 Å². The molecule has 130 valence electrons. The lowest BCUT2D eigenvalue weighted by atomic mass is 10.2. The Morgan fingerprint density at radius 2 is 1.88 bits per heavy atom. The van der Waals surface area contributed by atoms with Crippen LogP contribution in [0.5, 0.6) is 0 Å². The highest BCUT2D eigenvalue weighted by Crippen LogP contribution is 2.21. The summed E-state index contributed by atoms with van der Waals surface area (Å²) in [6, 6.07) is 5.13. The molecule has 0 amide bonds. The molecule has 1 saturated heterocycles. The van der Waals surface area contributed by atoms with Crippen LogP contribution in [0.25, 0.3) is 10.2 Å². The fourth-order valence-electron chi connectivity index (χ4n) is 3.07. The van der Waals surface area contributed by atoms with E-state index in [-0.39, 0.29) is 12.1 Å². The van der Waals surface area contributed by atoms with Crippen LogP contribution >= 0.6 is 11.3 Å². The van der Waals surface area contributed by atoms with E-state index in [9.17, 15) is 13.6 Å². The maximum atomic E-state index is 13.5. The topological polar surface area (TPSA) is 50.2 Å². The van der Waals surface area contributed by atoms with Crippen molar-refractivity contribution in [2.45, 2.75) is 6.54 Å². The van der Waals surface area contributed by atoms with Gasteiger partial charge in [-0.1, -0.05) is 0 Å². The Balaban J connectivity index is 1.84. The molecule has 25 heavy (non-hydrogen) atoms. The molecule has 8 heteroatoms. The first-order valence-corrected chi connectivity index (χ1v) is 8.88. The van der Waals surface area contributed by atoms with Crippen LogP contribution in [-0.4, -0.2) is 35.7 Å². The Morgan fingerprint density at radius 1 is 1.16 bits per heavy atom. The van der Waals surface area contributed by atoms with Gasteiger partial charge in [-0.3, -0.25) is 9.36 Å². The van der Waals surface area contributed by atoms with Crippen LogP contribution in [0.4, 0.5) is 14.7 Å². The van der Waals surface area contributed by atoms with Crippen LogP contribution in [0.3, 0.4) is 0 Å². The second-order valence-electron chi connectivity index (χ2n) is 5.95. The summed E-state index contributed by atoms with van der Waals surface area (Å²) in [4.78, 5) is 19.6. The quantitative estimate of drug-likeness (QED) is 0.776. The number of fused-ring (bicyclic) bond motifs is 1. The molecule has 3 aromatic rings. The minimum Gasteiger partial charge on any atom is -0.340 e. The van der Waals surface area contributed by atoms with Crippen molar-refractivity contribution in [3.05, 3.63) is 57.2 Å². The van der Waals surface area contributed by atoms with E-state index < -0.39 is 11.6 Å². The van der Waals surface area contributed by atoms with E-state index in [1.165, 1.54) is 28.0 Å². The summed E-state index contributed by atoms with van der Waals surface area (Å²) in [5.74, 6) is -0.768. The molecule has 0 saturated carbocycles. The number of benzene rings is 1. The van der Waals surface area contributed by atoms with E-state index in [1.54, 1.807) is 0 Å². The summed E-state index contributed by atoms with van der Waals surface area (Å²) < 4.78 is 29.1. The highest BCUT2D eigenvalue weighted by Gasteiger charge is 2.20. The van der Waals surface area contributed by atoms with Gasteiger partial charge in [-0.25, -0.2) is 13.8 Å². The molecule has 3 heterocycles. The molecule has 0 bridgehead atoms. The molecule has 1 N–H and O–H groups in total. The van der Waals surface area contributed by atoms with Crippen LogP contribution in [0.2, 0.25) is 0 Å². The third-order valence-corrected chi connectivity index (χ3v) is 5.10. The van der Waals surface area contributed by atoms with Gasteiger partial charge in [0.15, 0.2) is 0 Å². The van der Waals surface area contributed by atoms with Gasteiger partial charge < -0.3 is 10.2 Å². The number of nitrogens with one attached hydrogen (secondary N) is 1. The molecule has 1 aliphatic heterocycles. The number of thiophene rings is 1. The van der Waals surface area contributed by atoms with E-state index in [1.807, 2.05) is 16.3 Å². The van der Waals surface area contributed by atoms with Gasteiger partial charge in [0.25, 0.3) is 5.56 Å². The number of halogens is 2. The molecular weight excluding hydrogens is 346 g/mol. The summed E-state index contributed by atoms with van der Waals surface area (Å²) in [7, 11) is 0. The van der Waals surface area contributed by atoms with Crippen molar-refractivity contribution in [3.63, 3.8) is 0 Å². The summed E-state index contributed by atoms with van der Waals surface area (Å²) in [5.41, 5.74) is 0.872. The van der Waals surface area contributed by atoms with Gasteiger partial charge in [0.05, 0.1) is 12.1 Å². The Kier molecular flexibility index (Phi) is 4.22. The van der Waals surface area contributed by atoms with Crippen molar-refractivity contribution in [2.75, 3.05) is 31.1 Å². The Morgan fingerprint density at radius 3 is 2.60 bits per heavy atom. The lowest BCUT2D eigenvalue weighted by Gasteiger charge is -2.30. The average Bonchev–Trinajstić information content (AvgIpc) is 3.06. The van der Waals surface area contributed by atoms with Crippen molar-refractivity contribution < 1.29 is 8.78 Å². The van der Waals surface area contributed by atoms with Crippen LogP contribution in [0.1, 0.15) is 5.56 Å². The molecule has 1 fully saturated rings. The monoisotopic (exact) mass is 362 g/mol. The summed E-state index contributed by atoms with van der Waals surface area (Å²) in [6.07, 6.45) is 0. The molecule has 4 rings (SSSR count). The zero-order chi connectivity index (χ0) is 17.4. The Labute approximate surface area is 146 Å². The zero-order valence-electron chi connectivity index (χ0n) is 13.3. The molecular formula is C17H16F2N4OS. The Hall–Kier alpha value is -2.32. The highest BCUT2D eigenvalue weighted by molar-refractivity contribution is 7.17. The van der Waals surface area contributed by atoms with Crippen molar-refractivity contribution in [1.29, 1.82) is 0 Å². The number of anilines is 1. The van der Waals surface area contributed by atoms with E-state index in [0.717, 1.165) is 32.2 Å². The van der Waals surface area contributed by atoms with E-state index in [2.05, 4.69) is 10.3 Å². The smallest absolute Gasteiger partial charge is 0.273 e. The second kappa shape index (κ2) is 6.53. The molecule has 5 nitrogen and oxygen atoms in total. The van der Waals surface area contributed by atoms with E-state index in [4.69, 9.17) is 0 Å². The number of piperazine rings is 1. The van der Waals surface area contributed by atoms with Crippen molar-refractivity contribution in [1.82, 2.24) is 14.9 Å². The van der Waals surface area contributed by atoms with Crippen LogP contribution < -0.4 is 15.8 Å². The number of aromatic nitrogens is 2. The summed E-state index contributed by atoms with van der Waals surface area (Å²) >= 11 is 1.33. The highest BCUT2D eigenvalue weighted by atomic mass is 32.1. The van der Waals surface area contributed by atoms with E-state index >= 15 is 0 Å². The normalized spacial score (nSPS) is 15.0. The molecule has 1 aromatic carbocycles. The lowest BCUT2D eigenvalue weighted by Crippen LogP contribution is -2.46. The van der Waals surface area contributed by atoms with Crippen molar-refractivity contribution in [2.24, 2.45) is 0 Å². The first-order chi connectivity index (χ1) is 12.1. The third kappa shape index (κ3) is 3.14. The van der Waals surface area contributed by atoms with Crippen molar-refractivity contribution in [3.8, 4) is 0 Å². The minimum absolute atomic E-state index is 0.0770. The van der Waals surface area contributed by atoms with Crippen LogP contribution in [0.15, 0.2) is 34.4 Å². The molecule has 0 unspecified atom stereocenters. The largest absolute Gasteiger partial charge is 0.340 e. The van der Waals surface area contributed by atoms with Gasteiger partial charge in [0.2, 0.25) is 5.95 Å². The van der Waals surface area contributed by atoms with Gasteiger partial charge in [0.1, 0.15) is 16.3 Å². The second-order valence-corrected chi connectivity index (χ2v) is 6.87. The number of hydrogen-bond donors (Lipinski definition) is 1. The average molecular weight is 362 g/mol. The summed E-state index contributed by atoms with van der Waals surface area (Å²) in [5, 5.41) is 5.09. The van der Waals surface area contributed by atoms with Crippen molar-refractivity contribution >= 4 is 27.5 Å². The predicted octanol–water partition coefficient (Wildman–Crippen LogP) is 2.19. The van der Waals surface area contributed by atoms with Gasteiger partial charge in [-0.05, 0) is 29.1 Å². The molecule has 2 aromatic heterocycles. The van der Waals surface area contributed by atoms with Gasteiger partial charge in [-0.2, -0.15) is 0 Å². The van der Waals surface area contributed by atoms with Crippen LogP contribution in [0, 0.1) is 11.6 Å². The number of nitrogens with zero attached hydrogens (tertiary/aromatic N) is 3. The SMILES string of the molecule is O=c1c2sccc2nc(N2CCNCC2)n1Cc1cc(F)cc(F)c1. The molecule has 1 aliphatic rings. The fraction of sp³-hybridized carbons (Fsp3) is 0.294. The zero-order valence-corrected chi connectivity index (χ0v) is 14.2. The first-order valence-electron chi connectivity index (χ1n) is 8.00. The van der Waals surface area contributed by atoms with Gasteiger partial charge in [-0.15, -0.1) is 11.3 Å². The fourth-order valence-corrected chi connectivity index (χ4v) is 3.84.